The van der Waals surface area contributed by atoms with Gasteiger partial charge in [0.15, 0.2) is 0 Å². The minimum atomic E-state index is -5.92. The van der Waals surface area contributed by atoms with Crippen LogP contribution in [0.3, 0.4) is 0 Å². The van der Waals surface area contributed by atoms with Gasteiger partial charge in [-0.15, -0.1) is 0 Å². The van der Waals surface area contributed by atoms with E-state index in [0.717, 1.165) is 0 Å². The Morgan fingerprint density at radius 3 is 0.347 bits per heavy atom. The second-order valence-electron chi connectivity index (χ2n) is 4.57. The van der Waals surface area contributed by atoms with Gasteiger partial charge in [-0.1, -0.05) is 0 Å². The second-order valence-corrected chi connectivity index (χ2v) is 37.8. The molecule has 0 fully saturated rings. The first-order valence-electron chi connectivity index (χ1n) is 7.77. The number of hydrogen-bond acceptors (Lipinski definition) is 30. The summed E-state index contributed by atoms with van der Waals surface area (Å²) in [6, 6.07) is 0. The van der Waals surface area contributed by atoms with Crippen molar-refractivity contribution in [3.8, 4) is 0 Å². The van der Waals surface area contributed by atoms with E-state index in [9.17, 15) is 96.3 Å². The largest absolute Gasteiger partial charge is 6.00 e. The first kappa shape index (κ1) is 63.9. The zero-order valence-electron chi connectivity index (χ0n) is 20.8. The van der Waals surface area contributed by atoms with Crippen molar-refractivity contribution in [1.29, 1.82) is 0 Å². The van der Waals surface area contributed by atoms with Crippen LogP contribution < -0.4 is 28.8 Å². The van der Waals surface area contributed by atoms with Gasteiger partial charge in [-0.25, -0.2) is 0 Å². The molecular formula is H6MoO36Si6W6. The normalized spacial score (nSPS) is 10.4. The van der Waals surface area contributed by atoms with Gasteiger partial charge < -0.3 is 0 Å². The van der Waals surface area contributed by atoms with Gasteiger partial charge >= 0.3 is 314 Å². The molecule has 288 valence electrons. The molecule has 0 saturated carbocycles. The number of rotatable bonds is 12. The van der Waals surface area contributed by atoms with E-state index in [1.165, 1.54) is 0 Å². The Bertz CT molecular complexity index is 1400. The smallest absolute Gasteiger partial charge is 6.00 e. The molecule has 0 rings (SSSR count). The van der Waals surface area contributed by atoms with Gasteiger partial charge in [0.1, 0.15) is 0 Å². The Kier molecular flexibility index (Phi) is 38.3. The Morgan fingerprint density at radius 2 is 0.347 bits per heavy atom. The fourth-order valence-corrected chi connectivity index (χ4v) is 12.7. The molecular weight excluding hydrogens is 1940 g/mol. The topological polar surface area (TPSA) is 622 Å². The van der Waals surface area contributed by atoms with Gasteiger partial charge in [0, 0.05) is 0 Å². The minimum Gasteiger partial charge on any atom is 6.00 e. The summed E-state index contributed by atoms with van der Waals surface area (Å²) < 4.78 is 235. The van der Waals surface area contributed by atoms with Crippen molar-refractivity contribution in [3.05, 3.63) is 0 Å². The van der Waals surface area contributed by atoms with Crippen LogP contribution in [0.5, 0.6) is 0 Å². The van der Waals surface area contributed by atoms with Gasteiger partial charge in [-0.3, -0.25) is 0 Å². The van der Waals surface area contributed by atoms with Gasteiger partial charge in [0.05, 0.1) is 0 Å². The van der Waals surface area contributed by atoms with Crippen molar-refractivity contribution >= 4 is 55.0 Å². The molecule has 0 saturated heterocycles. The molecule has 49 heteroatoms. The third-order valence-electron chi connectivity index (χ3n) is 1.04. The fraction of sp³-hybridized carbons (Fsp3) is 0. The molecule has 0 bridgehead atoms. The summed E-state index contributed by atoms with van der Waals surface area (Å²) in [5, 5.41) is 0. The molecule has 0 unspecified atom stereocenters. The molecule has 0 spiro atoms. The van der Waals surface area contributed by atoms with Crippen LogP contribution in [0, 0.1) is 0 Å². The van der Waals surface area contributed by atoms with Crippen molar-refractivity contribution in [2.75, 3.05) is 0 Å². The predicted octanol–water partition coefficient (Wildman–Crippen LogP) is -15.3. The van der Waals surface area contributed by atoms with Crippen LogP contribution in [0.4, 0.5) is 0 Å². The van der Waals surface area contributed by atoms with Crippen LogP contribution in [-0.4, -0.2) is 77.6 Å². The van der Waals surface area contributed by atoms with Crippen LogP contribution in [0.1, 0.15) is 0 Å². The van der Waals surface area contributed by atoms with E-state index in [-0.39, 0.29) is 21.1 Å². The molecule has 0 aromatic rings. The summed E-state index contributed by atoms with van der Waals surface area (Å²) in [5.74, 6) is 0. The molecule has 49 heavy (non-hydrogen) atoms. The van der Waals surface area contributed by atoms with E-state index in [1.807, 2.05) is 0 Å². The molecule has 0 radical (unpaired) electrons. The maximum atomic E-state index is 9.53. The van der Waals surface area contributed by atoms with Gasteiger partial charge in [-0.05, 0) is 0 Å². The Balaban J connectivity index is -0.0000000860. The number of hydrogen-bond donors (Lipinski definition) is 6. The first-order valence-corrected chi connectivity index (χ1v) is 44.5. The fourth-order valence-electron chi connectivity index (χ4n) is 0.516. The SMILES string of the molecule is O=[Si]([O-])[O][W](=[O])(=[O])[OH].O=[Si]([O-])[O][W](=[O])(=[O])[OH].O=[Si]([O-])[O][W](=[O])(=[O])[OH].O=[Si]([O-])[O][W](=[O])(=[O])[OH].O=[Si]([O-])[O][W](=[O])(=[O])[OH].O=[Si]([O-])[O][W](=[O])(=[O])[OH].[Mo+6]. The Morgan fingerprint density at radius 1 is 0.286 bits per heavy atom. The first-order chi connectivity index (χ1) is 20.5. The summed E-state index contributed by atoms with van der Waals surface area (Å²) in [7, 11) is -22.6. The van der Waals surface area contributed by atoms with E-state index in [2.05, 4.69) is 18.5 Å². The van der Waals surface area contributed by atoms with E-state index in [1.54, 1.807) is 0 Å². The third kappa shape index (κ3) is 113. The standard InChI is InChI=1S/Mo.6O3Si.6H2O.12O.6W/c;6*1-4(2)3;;;;;;;;;;;;;;;;;;;;;;;;/h;;;;;;;6*1H2;;;;;;;;;;;;;;;;;;/q+6;6*-2;;;;;;;;;;;;;;;;;;;6*+2/p-6. The van der Waals surface area contributed by atoms with E-state index in [0.29, 0.717) is 0 Å². The molecule has 0 amide bonds. The molecule has 6 N–H and O–H groups in total. The molecule has 0 atom stereocenters. The summed E-state index contributed by atoms with van der Waals surface area (Å²) in [6.07, 6.45) is 0. The van der Waals surface area contributed by atoms with Crippen molar-refractivity contribution in [2.24, 2.45) is 0 Å². The molecule has 0 aliphatic rings. The Labute approximate surface area is 310 Å². The van der Waals surface area contributed by atoms with E-state index < -0.39 is 156 Å². The van der Waals surface area contributed by atoms with Crippen molar-refractivity contribution in [2.45, 2.75) is 0 Å². The van der Waals surface area contributed by atoms with Crippen LogP contribution in [-0.2, 0) is 208 Å². The summed E-state index contributed by atoms with van der Waals surface area (Å²) >= 11 is -35.5. The quantitative estimate of drug-likeness (QED) is 0.0988. The van der Waals surface area contributed by atoms with Crippen molar-refractivity contribution in [3.63, 3.8) is 0 Å². The molecule has 0 aliphatic carbocycles. The maximum absolute atomic E-state index is 9.53. The van der Waals surface area contributed by atoms with Crippen LogP contribution in [0.15, 0.2) is 0 Å². The monoisotopic (exact) mass is 1950 g/mol. The zero-order valence-corrected chi connectivity index (χ0v) is 46.4. The summed E-state index contributed by atoms with van der Waals surface area (Å²) in [6.45, 7) is 0. The summed E-state index contributed by atoms with van der Waals surface area (Å²) in [4.78, 5) is 56.2. The van der Waals surface area contributed by atoms with Crippen molar-refractivity contribution < 1.29 is 259 Å². The van der Waals surface area contributed by atoms with E-state index in [4.69, 9.17) is 22.6 Å². The van der Waals surface area contributed by atoms with Gasteiger partial charge in [0.2, 0.25) is 0 Å². The molecule has 0 heterocycles. The zero-order chi connectivity index (χ0) is 40.7. The second kappa shape index (κ2) is 29.3. The molecule has 36 nitrogen and oxygen atoms in total. The van der Waals surface area contributed by atoms with Crippen LogP contribution >= 0.6 is 0 Å². The maximum Gasteiger partial charge on any atom is 6.00 e. The Hall–Kier alpha value is -0.121. The average molecular weight is 1950 g/mol. The van der Waals surface area contributed by atoms with Gasteiger partial charge in [0.25, 0.3) is 0 Å². The van der Waals surface area contributed by atoms with Crippen LogP contribution in [0.2, 0.25) is 0 Å². The predicted molar refractivity (Wildman–Crippen MR) is 66.7 cm³/mol. The minimum absolute atomic E-state index is 0. The van der Waals surface area contributed by atoms with E-state index >= 15 is 0 Å². The average Bonchev–Trinajstić information content (AvgIpc) is 2.57. The van der Waals surface area contributed by atoms with Crippen molar-refractivity contribution in [1.82, 2.24) is 0 Å². The molecule has 0 aromatic heterocycles. The van der Waals surface area contributed by atoms with Gasteiger partial charge in [-0.2, -0.15) is 0 Å². The molecule has 0 aromatic carbocycles. The third-order valence-corrected chi connectivity index (χ3v) is 25.5. The van der Waals surface area contributed by atoms with Crippen LogP contribution in [0.25, 0.3) is 0 Å². The summed E-state index contributed by atoms with van der Waals surface area (Å²) in [5.41, 5.74) is 0. The molecule has 0 aliphatic heterocycles.